The van der Waals surface area contributed by atoms with E-state index in [0.29, 0.717) is 33.5 Å². The van der Waals surface area contributed by atoms with E-state index in [1.54, 1.807) is 12.1 Å². The lowest BCUT2D eigenvalue weighted by atomic mass is 9.98. The van der Waals surface area contributed by atoms with E-state index in [1.165, 1.54) is 18.9 Å². The first-order valence-electron chi connectivity index (χ1n) is 12.2. The summed E-state index contributed by atoms with van der Waals surface area (Å²) in [7, 11) is 1.54. The van der Waals surface area contributed by atoms with Crippen molar-refractivity contribution in [1.29, 1.82) is 5.26 Å². The summed E-state index contributed by atoms with van der Waals surface area (Å²) < 4.78 is 5.43. The van der Waals surface area contributed by atoms with Gasteiger partial charge in [0.1, 0.15) is 16.8 Å². The van der Waals surface area contributed by atoms with Crippen LogP contribution in [0.2, 0.25) is 5.02 Å². The standard InChI is InChI=1S/C31H28ClN3O2S/c1-5-29(30(36)34-27-15-20(3)25(32)17-28(27)37-4)38-31-24(18-33)23(21-13-11-19(2)12-14-21)16-26(35-31)22-9-7-6-8-10-22/h6-17,29H,5H2,1-4H3,(H,34,36). The van der Waals surface area contributed by atoms with Gasteiger partial charge in [-0.3, -0.25) is 4.79 Å². The smallest absolute Gasteiger partial charge is 0.238 e. The molecule has 4 aromatic rings. The maximum Gasteiger partial charge on any atom is 0.238 e. The summed E-state index contributed by atoms with van der Waals surface area (Å²) in [6, 6.07) is 25.7. The lowest BCUT2D eigenvalue weighted by Gasteiger charge is -2.19. The molecule has 7 heteroatoms. The molecule has 0 spiro atoms. The number of aryl methyl sites for hydroxylation is 2. The minimum atomic E-state index is -0.493. The molecule has 0 radical (unpaired) electrons. The normalized spacial score (nSPS) is 11.5. The zero-order valence-corrected chi connectivity index (χ0v) is 23.3. The fourth-order valence-corrected chi connectivity index (χ4v) is 5.21. The van der Waals surface area contributed by atoms with Crippen molar-refractivity contribution >= 4 is 35.0 Å². The zero-order chi connectivity index (χ0) is 27.2. The van der Waals surface area contributed by atoms with E-state index in [4.69, 9.17) is 21.3 Å². The Hall–Kier alpha value is -3.79. The molecule has 0 aliphatic rings. The third kappa shape index (κ3) is 6.02. The van der Waals surface area contributed by atoms with Crippen molar-refractivity contribution in [3.8, 4) is 34.2 Å². The molecule has 0 aliphatic carbocycles. The number of anilines is 1. The first-order valence-corrected chi connectivity index (χ1v) is 13.5. The summed E-state index contributed by atoms with van der Waals surface area (Å²) in [5.41, 5.74) is 6.35. The number of methoxy groups -OCH3 is 1. The van der Waals surface area contributed by atoms with Crippen molar-refractivity contribution in [2.24, 2.45) is 0 Å². The molecule has 0 saturated heterocycles. The molecule has 0 aliphatic heterocycles. The number of nitrogens with zero attached hydrogens (tertiary/aromatic N) is 2. The number of amides is 1. The molecule has 0 bridgehead atoms. The van der Waals surface area contributed by atoms with Crippen LogP contribution in [0.15, 0.2) is 77.8 Å². The number of carbonyl (C=O) groups is 1. The van der Waals surface area contributed by atoms with Gasteiger partial charge in [0.2, 0.25) is 5.91 Å². The Kier molecular flexibility index (Phi) is 8.73. The highest BCUT2D eigenvalue weighted by Gasteiger charge is 2.24. The predicted molar refractivity (Wildman–Crippen MR) is 156 cm³/mol. The number of benzene rings is 3. The number of carbonyl (C=O) groups excluding carboxylic acids is 1. The fourth-order valence-electron chi connectivity index (χ4n) is 4.03. The maximum absolute atomic E-state index is 13.4. The van der Waals surface area contributed by atoms with Crippen LogP contribution in [-0.4, -0.2) is 23.3 Å². The summed E-state index contributed by atoms with van der Waals surface area (Å²) in [5.74, 6) is 0.280. The van der Waals surface area contributed by atoms with E-state index in [0.717, 1.165) is 33.5 Å². The summed E-state index contributed by atoms with van der Waals surface area (Å²) in [6.45, 7) is 5.84. The highest BCUT2D eigenvalue weighted by atomic mass is 35.5. The number of nitriles is 1. The Balaban J connectivity index is 1.75. The van der Waals surface area contributed by atoms with Crippen LogP contribution < -0.4 is 10.1 Å². The largest absolute Gasteiger partial charge is 0.495 e. The summed E-state index contributed by atoms with van der Waals surface area (Å²) >= 11 is 7.53. The van der Waals surface area contributed by atoms with E-state index in [9.17, 15) is 10.1 Å². The van der Waals surface area contributed by atoms with E-state index in [2.05, 4.69) is 11.4 Å². The van der Waals surface area contributed by atoms with Gasteiger partial charge in [-0.05, 0) is 43.5 Å². The lowest BCUT2D eigenvalue weighted by Crippen LogP contribution is -2.25. The van der Waals surface area contributed by atoms with Gasteiger partial charge in [-0.2, -0.15) is 5.26 Å². The predicted octanol–water partition coefficient (Wildman–Crippen LogP) is 8.08. The average Bonchev–Trinajstić information content (AvgIpc) is 2.93. The Bertz CT molecular complexity index is 1500. The van der Waals surface area contributed by atoms with E-state index in [1.807, 2.05) is 81.4 Å². The second-order valence-electron chi connectivity index (χ2n) is 8.88. The number of halogens is 1. The molecule has 1 heterocycles. The molecule has 1 aromatic heterocycles. The maximum atomic E-state index is 13.4. The molecule has 5 nitrogen and oxygen atoms in total. The lowest BCUT2D eigenvalue weighted by molar-refractivity contribution is -0.115. The van der Waals surface area contributed by atoms with Crippen LogP contribution in [0.5, 0.6) is 5.75 Å². The molecule has 0 fully saturated rings. The van der Waals surface area contributed by atoms with Crippen LogP contribution in [0.1, 0.15) is 30.0 Å². The van der Waals surface area contributed by atoms with Gasteiger partial charge in [-0.25, -0.2) is 4.98 Å². The first kappa shape index (κ1) is 27.3. The molecule has 38 heavy (non-hydrogen) atoms. The molecular weight excluding hydrogens is 514 g/mol. The quantitative estimate of drug-likeness (QED) is 0.228. The number of thioether (sulfide) groups is 1. The molecule has 4 rings (SSSR count). The molecule has 1 N–H and O–H groups in total. The van der Waals surface area contributed by atoms with Gasteiger partial charge in [0.05, 0.1) is 29.3 Å². The number of hydrogen-bond acceptors (Lipinski definition) is 5. The van der Waals surface area contributed by atoms with Gasteiger partial charge in [-0.1, -0.05) is 90.4 Å². The van der Waals surface area contributed by atoms with Crippen LogP contribution in [0.3, 0.4) is 0 Å². The topological polar surface area (TPSA) is 75.0 Å². The molecule has 1 unspecified atom stereocenters. The van der Waals surface area contributed by atoms with Crippen LogP contribution >= 0.6 is 23.4 Å². The second kappa shape index (κ2) is 12.2. The average molecular weight is 542 g/mol. The van der Waals surface area contributed by atoms with Gasteiger partial charge in [-0.15, -0.1) is 0 Å². The minimum absolute atomic E-state index is 0.204. The second-order valence-corrected chi connectivity index (χ2v) is 10.5. The van der Waals surface area contributed by atoms with Crippen LogP contribution in [-0.2, 0) is 4.79 Å². The van der Waals surface area contributed by atoms with Gasteiger partial charge in [0.15, 0.2) is 0 Å². The monoisotopic (exact) mass is 541 g/mol. The van der Waals surface area contributed by atoms with Crippen molar-refractivity contribution < 1.29 is 9.53 Å². The molecule has 3 aromatic carbocycles. The number of aromatic nitrogens is 1. The van der Waals surface area contributed by atoms with E-state index < -0.39 is 5.25 Å². The van der Waals surface area contributed by atoms with Crippen molar-refractivity contribution in [3.05, 3.63) is 94.5 Å². The third-order valence-corrected chi connectivity index (χ3v) is 7.94. The fraction of sp³-hybridized carbons (Fsp3) is 0.194. The molecule has 1 atom stereocenters. The van der Waals surface area contributed by atoms with E-state index >= 15 is 0 Å². The van der Waals surface area contributed by atoms with Crippen molar-refractivity contribution in [1.82, 2.24) is 4.98 Å². The molecular formula is C31H28ClN3O2S. The molecule has 0 saturated carbocycles. The molecule has 1 amide bonds. The SMILES string of the molecule is CCC(Sc1nc(-c2ccccc2)cc(-c2ccc(C)cc2)c1C#N)C(=O)Nc1cc(C)c(Cl)cc1OC. The summed E-state index contributed by atoms with van der Waals surface area (Å²) in [4.78, 5) is 18.3. The number of rotatable bonds is 8. The van der Waals surface area contributed by atoms with E-state index in [-0.39, 0.29) is 5.91 Å². The molecule has 192 valence electrons. The number of hydrogen-bond donors (Lipinski definition) is 1. The Morgan fingerprint density at radius 3 is 2.42 bits per heavy atom. The van der Waals surface area contributed by atoms with Crippen LogP contribution in [0.25, 0.3) is 22.4 Å². The highest BCUT2D eigenvalue weighted by Crippen LogP contribution is 2.37. The number of nitrogens with one attached hydrogen (secondary N) is 1. The van der Waals surface area contributed by atoms with Gasteiger partial charge < -0.3 is 10.1 Å². The Morgan fingerprint density at radius 2 is 1.79 bits per heavy atom. The van der Waals surface area contributed by atoms with Gasteiger partial charge in [0.25, 0.3) is 0 Å². The van der Waals surface area contributed by atoms with Crippen molar-refractivity contribution in [3.63, 3.8) is 0 Å². The Labute approximate surface area is 232 Å². The Morgan fingerprint density at radius 1 is 1.08 bits per heavy atom. The van der Waals surface area contributed by atoms with Crippen molar-refractivity contribution in [2.45, 2.75) is 37.5 Å². The number of ether oxygens (including phenoxy) is 1. The highest BCUT2D eigenvalue weighted by molar-refractivity contribution is 8.00. The van der Waals surface area contributed by atoms with Crippen LogP contribution in [0, 0.1) is 25.2 Å². The van der Waals surface area contributed by atoms with Crippen molar-refractivity contribution in [2.75, 3.05) is 12.4 Å². The van der Waals surface area contributed by atoms with Gasteiger partial charge in [0, 0.05) is 22.2 Å². The summed E-state index contributed by atoms with van der Waals surface area (Å²) in [6.07, 6.45) is 0.535. The third-order valence-electron chi connectivity index (χ3n) is 6.19. The van der Waals surface area contributed by atoms with Gasteiger partial charge >= 0.3 is 0 Å². The number of pyridine rings is 1. The minimum Gasteiger partial charge on any atom is -0.495 e. The van der Waals surface area contributed by atoms with Crippen LogP contribution in [0.4, 0.5) is 5.69 Å². The first-order chi connectivity index (χ1) is 18.3. The summed E-state index contributed by atoms with van der Waals surface area (Å²) in [5, 5.41) is 13.8. The zero-order valence-electron chi connectivity index (χ0n) is 21.7.